The molecule has 0 spiro atoms. The number of rotatable bonds is 19. The molecule has 1 atom stereocenters. The molecule has 0 aromatic heterocycles. The van der Waals surface area contributed by atoms with Crippen LogP contribution in [0.15, 0.2) is 18.2 Å². The number of imide groups is 2. The maximum Gasteiger partial charge on any atom is 0.266 e. The van der Waals surface area contributed by atoms with Crippen molar-refractivity contribution in [2.45, 2.75) is 109 Å². The third kappa shape index (κ3) is 11.2. The SMILES string of the molecule is CC(C)(C)NC(=O)CCC(=O)CCCCCCOCCCCC(=O)COc1cccc2c1C(=O)N(C1CCC(=O)NC1=O)C2=O. The Kier molecular flexibility index (Phi) is 13.4. The predicted octanol–water partition coefficient (Wildman–Crippen LogP) is 3.44. The molecule has 0 radical (unpaired) electrons. The molecular formula is C33H45N3O9. The first kappa shape index (κ1) is 35.5. The van der Waals surface area contributed by atoms with Gasteiger partial charge >= 0.3 is 0 Å². The van der Waals surface area contributed by atoms with Crippen LogP contribution in [-0.2, 0) is 28.7 Å². The summed E-state index contributed by atoms with van der Waals surface area (Å²) in [4.78, 5) is 86.8. The number of carbonyl (C=O) groups is 7. The Hall–Kier alpha value is -3.93. The predicted molar refractivity (Wildman–Crippen MR) is 164 cm³/mol. The number of nitrogens with zero attached hydrogens (tertiary/aromatic N) is 1. The van der Waals surface area contributed by atoms with Crippen LogP contribution in [0.2, 0.25) is 0 Å². The quantitative estimate of drug-likeness (QED) is 0.173. The number of piperidine rings is 1. The van der Waals surface area contributed by atoms with Gasteiger partial charge in [0.25, 0.3) is 11.8 Å². The summed E-state index contributed by atoms with van der Waals surface area (Å²) in [5, 5.41) is 5.02. The molecule has 1 fully saturated rings. The fourth-order valence-electron chi connectivity index (χ4n) is 5.20. The van der Waals surface area contributed by atoms with E-state index in [1.807, 2.05) is 20.8 Å². The van der Waals surface area contributed by atoms with Crippen molar-refractivity contribution >= 4 is 41.1 Å². The van der Waals surface area contributed by atoms with E-state index in [-0.39, 0.29) is 78.6 Å². The van der Waals surface area contributed by atoms with Crippen molar-refractivity contribution in [1.82, 2.24) is 15.5 Å². The zero-order valence-corrected chi connectivity index (χ0v) is 26.5. The zero-order chi connectivity index (χ0) is 33.0. The molecule has 2 aliphatic heterocycles. The first-order chi connectivity index (χ1) is 21.4. The van der Waals surface area contributed by atoms with E-state index in [4.69, 9.17) is 9.47 Å². The number of hydrogen-bond donors (Lipinski definition) is 2. The minimum atomic E-state index is -1.08. The number of hydrogen-bond acceptors (Lipinski definition) is 9. The van der Waals surface area contributed by atoms with Crippen molar-refractivity contribution in [2.24, 2.45) is 0 Å². The largest absolute Gasteiger partial charge is 0.485 e. The summed E-state index contributed by atoms with van der Waals surface area (Å²) in [5.41, 5.74) is -0.182. The molecule has 246 valence electrons. The van der Waals surface area contributed by atoms with E-state index < -0.39 is 29.7 Å². The van der Waals surface area contributed by atoms with Gasteiger partial charge in [0.15, 0.2) is 5.78 Å². The van der Waals surface area contributed by atoms with Crippen LogP contribution in [-0.4, -0.2) is 77.4 Å². The van der Waals surface area contributed by atoms with Crippen LogP contribution < -0.4 is 15.4 Å². The van der Waals surface area contributed by atoms with Crippen LogP contribution in [0.4, 0.5) is 0 Å². The number of Topliss-reactive ketones (excluding diaryl/α,β-unsaturated/α-hetero) is 2. The number of carbonyl (C=O) groups excluding carboxylic acids is 7. The topological polar surface area (TPSA) is 165 Å². The molecule has 2 heterocycles. The molecule has 2 N–H and O–H groups in total. The maximum atomic E-state index is 13.1. The van der Waals surface area contributed by atoms with Crippen LogP contribution in [0.1, 0.15) is 119 Å². The monoisotopic (exact) mass is 627 g/mol. The Labute approximate surface area is 263 Å². The molecule has 5 amide bonds. The number of benzene rings is 1. The average Bonchev–Trinajstić information content (AvgIpc) is 3.22. The highest BCUT2D eigenvalue weighted by Crippen LogP contribution is 2.33. The third-order valence-electron chi connectivity index (χ3n) is 7.45. The van der Waals surface area contributed by atoms with Crippen LogP contribution >= 0.6 is 0 Å². The average molecular weight is 628 g/mol. The highest BCUT2D eigenvalue weighted by atomic mass is 16.5. The van der Waals surface area contributed by atoms with Crippen molar-refractivity contribution in [3.05, 3.63) is 29.3 Å². The van der Waals surface area contributed by atoms with E-state index in [2.05, 4.69) is 10.6 Å². The number of ketones is 2. The Bertz CT molecular complexity index is 1280. The van der Waals surface area contributed by atoms with Gasteiger partial charge in [0.05, 0.1) is 11.1 Å². The lowest BCUT2D eigenvalue weighted by Crippen LogP contribution is -2.54. The lowest BCUT2D eigenvalue weighted by molar-refractivity contribution is -0.136. The summed E-state index contributed by atoms with van der Waals surface area (Å²) in [5.74, 6) is -2.50. The molecule has 2 aliphatic rings. The molecule has 0 saturated carbocycles. The van der Waals surface area contributed by atoms with Gasteiger partial charge < -0.3 is 14.8 Å². The highest BCUT2D eigenvalue weighted by Gasteiger charge is 2.46. The Balaban J connectivity index is 1.24. The minimum absolute atomic E-state index is 0.0145. The van der Waals surface area contributed by atoms with E-state index in [9.17, 15) is 33.6 Å². The van der Waals surface area contributed by atoms with Crippen LogP contribution in [0.5, 0.6) is 5.75 Å². The molecule has 0 bridgehead atoms. The summed E-state index contributed by atoms with van der Waals surface area (Å²) >= 11 is 0. The molecule has 1 saturated heterocycles. The van der Waals surface area contributed by atoms with Gasteiger partial charge in [-0.05, 0) is 65.0 Å². The van der Waals surface area contributed by atoms with Crippen molar-refractivity contribution in [2.75, 3.05) is 19.8 Å². The number of nitrogens with one attached hydrogen (secondary N) is 2. The summed E-state index contributed by atoms with van der Waals surface area (Å²) in [6.45, 7) is 6.61. The first-order valence-electron chi connectivity index (χ1n) is 15.8. The van der Waals surface area contributed by atoms with Gasteiger partial charge in [-0.3, -0.25) is 43.8 Å². The van der Waals surface area contributed by atoms with Crippen molar-refractivity contribution in [1.29, 1.82) is 0 Å². The van der Waals surface area contributed by atoms with E-state index >= 15 is 0 Å². The van der Waals surface area contributed by atoms with Gasteiger partial charge in [0.1, 0.15) is 24.2 Å². The van der Waals surface area contributed by atoms with E-state index in [0.717, 1.165) is 30.6 Å². The molecule has 1 aromatic carbocycles. The summed E-state index contributed by atoms with van der Waals surface area (Å²) < 4.78 is 11.3. The second kappa shape index (κ2) is 17.0. The normalized spacial score (nSPS) is 16.4. The Morgan fingerprint density at radius 3 is 2.24 bits per heavy atom. The van der Waals surface area contributed by atoms with E-state index in [0.29, 0.717) is 32.5 Å². The van der Waals surface area contributed by atoms with Gasteiger partial charge in [0.2, 0.25) is 17.7 Å². The Morgan fingerprint density at radius 1 is 0.867 bits per heavy atom. The molecule has 12 nitrogen and oxygen atoms in total. The van der Waals surface area contributed by atoms with Crippen LogP contribution in [0.3, 0.4) is 0 Å². The van der Waals surface area contributed by atoms with Gasteiger partial charge in [0, 0.05) is 50.9 Å². The highest BCUT2D eigenvalue weighted by molar-refractivity contribution is 6.24. The van der Waals surface area contributed by atoms with E-state index in [1.165, 1.54) is 12.1 Å². The molecule has 0 aliphatic carbocycles. The van der Waals surface area contributed by atoms with Crippen molar-refractivity contribution in [3.8, 4) is 5.75 Å². The molecule has 45 heavy (non-hydrogen) atoms. The van der Waals surface area contributed by atoms with Gasteiger partial charge in [-0.2, -0.15) is 0 Å². The van der Waals surface area contributed by atoms with Crippen LogP contribution in [0.25, 0.3) is 0 Å². The maximum absolute atomic E-state index is 13.1. The van der Waals surface area contributed by atoms with Crippen LogP contribution in [0, 0.1) is 0 Å². The number of fused-ring (bicyclic) bond motifs is 1. The molecule has 1 unspecified atom stereocenters. The fraction of sp³-hybridized carbons (Fsp3) is 0.606. The second-order valence-electron chi connectivity index (χ2n) is 12.5. The second-order valence-corrected chi connectivity index (χ2v) is 12.5. The smallest absolute Gasteiger partial charge is 0.266 e. The number of amides is 5. The summed E-state index contributed by atoms with van der Waals surface area (Å²) in [6, 6.07) is 3.45. The van der Waals surface area contributed by atoms with Crippen molar-refractivity contribution in [3.63, 3.8) is 0 Å². The molecule has 1 aromatic rings. The fourth-order valence-corrected chi connectivity index (χ4v) is 5.20. The molecule has 3 rings (SSSR count). The summed E-state index contributed by atoms with van der Waals surface area (Å²) in [7, 11) is 0. The number of ether oxygens (including phenoxy) is 2. The van der Waals surface area contributed by atoms with E-state index in [1.54, 1.807) is 6.07 Å². The Morgan fingerprint density at radius 2 is 1.53 bits per heavy atom. The lowest BCUT2D eigenvalue weighted by atomic mass is 10.0. The zero-order valence-electron chi connectivity index (χ0n) is 26.5. The standard InChI is InChI=1S/C33H45N3O9/c1-33(2,3)35-28(40)17-15-22(37)11-6-4-5-8-19-44-20-9-7-12-23(38)21-45-26-14-10-13-24-29(26)32(43)36(31(24)42)25-16-18-27(39)34-30(25)41/h10,13-14,25H,4-9,11-12,15-21H2,1-3H3,(H,35,40)(H,34,39,41). The first-order valence-corrected chi connectivity index (χ1v) is 15.8. The molecule has 12 heteroatoms. The van der Waals surface area contributed by atoms with Gasteiger partial charge in [-0.25, -0.2) is 0 Å². The lowest BCUT2D eigenvalue weighted by Gasteiger charge is -2.27. The minimum Gasteiger partial charge on any atom is -0.485 e. The van der Waals surface area contributed by atoms with Crippen molar-refractivity contribution < 1.29 is 43.0 Å². The van der Waals surface area contributed by atoms with Gasteiger partial charge in [-0.1, -0.05) is 18.9 Å². The molecular weight excluding hydrogens is 582 g/mol. The third-order valence-corrected chi connectivity index (χ3v) is 7.45. The summed E-state index contributed by atoms with van der Waals surface area (Å²) in [6.07, 6.45) is 6.25. The van der Waals surface area contributed by atoms with Gasteiger partial charge in [-0.15, -0.1) is 0 Å². The number of unbranched alkanes of at least 4 members (excludes halogenated alkanes) is 4.